The molecule has 112 valence electrons. The first kappa shape index (κ1) is 22.8. The van der Waals surface area contributed by atoms with Crippen LogP contribution in [0.4, 0.5) is 0 Å². The van der Waals surface area contributed by atoms with Gasteiger partial charge in [-0.1, -0.05) is 39.0 Å². The van der Waals surface area contributed by atoms with Crippen LogP contribution in [-0.4, -0.2) is 41.6 Å². The van der Waals surface area contributed by atoms with Crippen molar-refractivity contribution in [1.29, 1.82) is 0 Å². The molecule has 0 amide bonds. The second-order valence-electron chi connectivity index (χ2n) is 4.88. The van der Waals surface area contributed by atoms with Gasteiger partial charge in [-0.15, -0.1) is 0 Å². The molecule has 0 heterocycles. The van der Waals surface area contributed by atoms with Gasteiger partial charge in [0.05, 0.1) is 6.42 Å². The Morgan fingerprint density at radius 2 is 1.50 bits per heavy atom. The molecule has 6 heteroatoms. The number of carbonyl (C=O) groups excluding carboxylic acids is 1. The zero-order valence-corrected chi connectivity index (χ0v) is 16.0. The molecule has 0 aromatic rings. The summed E-state index contributed by atoms with van der Waals surface area (Å²) in [5, 5.41) is 19.1. The number of aliphatic carboxylic acids is 2. The van der Waals surface area contributed by atoms with Gasteiger partial charge in [-0.2, -0.15) is 0 Å². The number of hydrogen-bond acceptors (Lipinski definition) is 4. The van der Waals surface area contributed by atoms with E-state index in [-0.39, 0.29) is 64.2 Å². The average Bonchev–Trinajstić information content (AvgIpc) is 2.35. The van der Waals surface area contributed by atoms with E-state index in [9.17, 15) is 14.7 Å². The molecule has 0 bridgehead atoms. The monoisotopic (exact) mass is 311 g/mol. The Balaban J connectivity index is 0. The minimum Gasteiger partial charge on any atom is -0.550 e. The number of carboxylic acid groups (broad SMARTS) is 2. The van der Waals surface area contributed by atoms with Crippen molar-refractivity contribution in [2.24, 2.45) is 0 Å². The maximum Gasteiger partial charge on any atom is 1.00 e. The molecule has 0 unspecified atom stereocenters. The summed E-state index contributed by atoms with van der Waals surface area (Å²) in [6.07, 6.45) is 7.05. The van der Waals surface area contributed by atoms with E-state index in [1.165, 1.54) is 25.7 Å². The Labute approximate surface area is 164 Å². The zero-order chi connectivity index (χ0) is 14.5. The molecule has 0 saturated heterocycles. The normalized spacial score (nSPS) is 10.3. The second-order valence-corrected chi connectivity index (χ2v) is 4.88. The summed E-state index contributed by atoms with van der Waals surface area (Å²) < 4.78 is 0. The summed E-state index contributed by atoms with van der Waals surface area (Å²) in [4.78, 5) is 22.9. The number of unbranched alkanes of at least 4 members (excludes halogenated alkanes) is 5. The van der Waals surface area contributed by atoms with Gasteiger partial charge < -0.3 is 19.9 Å². The van der Waals surface area contributed by atoms with Crippen LogP contribution in [0.3, 0.4) is 0 Å². The van der Waals surface area contributed by atoms with Crippen LogP contribution in [0.25, 0.3) is 0 Å². The topological polar surface area (TPSA) is 80.7 Å². The smallest absolute Gasteiger partial charge is 0.550 e. The SMILES string of the molecule is CCCCCCCCN(CCC(=O)[O-])CCC(=O)O.[K+]. The van der Waals surface area contributed by atoms with E-state index in [4.69, 9.17) is 5.11 Å². The Morgan fingerprint density at radius 3 is 2.05 bits per heavy atom. The third-order valence-corrected chi connectivity index (χ3v) is 3.10. The van der Waals surface area contributed by atoms with E-state index >= 15 is 0 Å². The molecule has 0 fully saturated rings. The summed E-state index contributed by atoms with van der Waals surface area (Å²) in [6, 6.07) is 0. The van der Waals surface area contributed by atoms with E-state index in [0.29, 0.717) is 13.1 Å². The average molecular weight is 311 g/mol. The molecule has 20 heavy (non-hydrogen) atoms. The van der Waals surface area contributed by atoms with Gasteiger partial charge in [0.15, 0.2) is 0 Å². The summed E-state index contributed by atoms with van der Waals surface area (Å²) >= 11 is 0. The van der Waals surface area contributed by atoms with Crippen LogP contribution in [0.2, 0.25) is 0 Å². The number of rotatable bonds is 13. The molecule has 0 aliphatic rings. The molecule has 0 radical (unpaired) electrons. The number of nitrogens with zero attached hydrogens (tertiary/aromatic N) is 1. The van der Waals surface area contributed by atoms with Gasteiger partial charge in [0.25, 0.3) is 0 Å². The Bertz CT molecular complexity index is 244. The van der Waals surface area contributed by atoms with Gasteiger partial charge in [0, 0.05) is 19.1 Å². The Hall–Kier alpha value is 0.536. The molecular weight excluding hydrogens is 285 g/mol. The Morgan fingerprint density at radius 1 is 0.950 bits per heavy atom. The van der Waals surface area contributed by atoms with Gasteiger partial charge in [-0.05, 0) is 19.4 Å². The minimum absolute atomic E-state index is 0. The summed E-state index contributed by atoms with van der Waals surface area (Å²) in [5.74, 6) is -1.93. The van der Waals surface area contributed by atoms with Gasteiger partial charge in [-0.3, -0.25) is 4.79 Å². The largest absolute Gasteiger partial charge is 1.00 e. The summed E-state index contributed by atoms with van der Waals surface area (Å²) in [5.41, 5.74) is 0. The van der Waals surface area contributed by atoms with Crippen LogP contribution >= 0.6 is 0 Å². The van der Waals surface area contributed by atoms with Crippen molar-refractivity contribution < 1.29 is 71.2 Å². The molecule has 0 saturated carbocycles. The summed E-state index contributed by atoms with van der Waals surface area (Å²) in [6.45, 7) is 3.74. The van der Waals surface area contributed by atoms with E-state index in [1.54, 1.807) is 0 Å². The zero-order valence-electron chi connectivity index (χ0n) is 12.9. The van der Waals surface area contributed by atoms with E-state index in [2.05, 4.69) is 6.92 Å². The predicted octanol–water partition coefficient (Wildman–Crippen LogP) is -1.73. The Kier molecular flexibility index (Phi) is 18.2. The van der Waals surface area contributed by atoms with Crippen molar-refractivity contribution in [3.05, 3.63) is 0 Å². The third kappa shape index (κ3) is 16.6. The first-order valence-corrected chi connectivity index (χ1v) is 7.20. The first-order chi connectivity index (χ1) is 9.06. The number of hydrogen-bond donors (Lipinski definition) is 1. The van der Waals surface area contributed by atoms with Crippen LogP contribution in [-0.2, 0) is 9.59 Å². The molecule has 0 aliphatic heterocycles. The van der Waals surface area contributed by atoms with Gasteiger partial charge >= 0.3 is 57.4 Å². The fourth-order valence-corrected chi connectivity index (χ4v) is 1.95. The fraction of sp³-hybridized carbons (Fsp3) is 0.857. The number of carboxylic acids is 2. The third-order valence-electron chi connectivity index (χ3n) is 3.10. The van der Waals surface area contributed by atoms with Crippen LogP contribution in [0, 0.1) is 0 Å². The van der Waals surface area contributed by atoms with Crippen molar-refractivity contribution >= 4 is 11.9 Å². The van der Waals surface area contributed by atoms with E-state index in [1.807, 2.05) is 4.90 Å². The van der Waals surface area contributed by atoms with E-state index in [0.717, 1.165) is 19.4 Å². The van der Waals surface area contributed by atoms with Gasteiger partial charge in [-0.25, -0.2) is 0 Å². The molecule has 0 aliphatic carbocycles. The maximum atomic E-state index is 10.5. The molecule has 0 aromatic carbocycles. The van der Waals surface area contributed by atoms with Gasteiger partial charge in [0.1, 0.15) is 0 Å². The van der Waals surface area contributed by atoms with Crippen LogP contribution in [0.5, 0.6) is 0 Å². The number of carbonyl (C=O) groups is 2. The second kappa shape index (κ2) is 15.9. The van der Waals surface area contributed by atoms with Crippen molar-refractivity contribution in [3.8, 4) is 0 Å². The predicted molar refractivity (Wildman–Crippen MR) is 71.7 cm³/mol. The summed E-state index contributed by atoms with van der Waals surface area (Å²) in [7, 11) is 0. The molecule has 0 spiro atoms. The molecule has 1 N–H and O–H groups in total. The van der Waals surface area contributed by atoms with Crippen LogP contribution in [0.1, 0.15) is 58.3 Å². The standard InChI is InChI=1S/C14H27NO4.K/c1-2-3-4-5-6-7-10-15(11-8-13(16)17)12-9-14(18)19;/h2-12H2,1H3,(H,16,17)(H,18,19);/q;+1/p-1. The van der Waals surface area contributed by atoms with Gasteiger partial charge in [0.2, 0.25) is 0 Å². The molecular formula is C14H26KNO4. The van der Waals surface area contributed by atoms with Crippen molar-refractivity contribution in [2.45, 2.75) is 58.3 Å². The van der Waals surface area contributed by atoms with E-state index < -0.39 is 11.9 Å². The first-order valence-electron chi connectivity index (χ1n) is 7.20. The molecule has 0 rings (SSSR count). The molecule has 5 nitrogen and oxygen atoms in total. The van der Waals surface area contributed by atoms with Crippen LogP contribution in [0.15, 0.2) is 0 Å². The van der Waals surface area contributed by atoms with Crippen LogP contribution < -0.4 is 56.5 Å². The van der Waals surface area contributed by atoms with Crippen molar-refractivity contribution in [3.63, 3.8) is 0 Å². The quantitative estimate of drug-likeness (QED) is 0.323. The van der Waals surface area contributed by atoms with Crippen molar-refractivity contribution in [1.82, 2.24) is 4.90 Å². The minimum atomic E-state index is -1.08. The molecule has 0 atom stereocenters. The van der Waals surface area contributed by atoms with Crippen molar-refractivity contribution in [2.75, 3.05) is 19.6 Å². The molecule has 0 aromatic heterocycles. The maximum absolute atomic E-state index is 10.5. The fourth-order valence-electron chi connectivity index (χ4n) is 1.95.